The molecular weight excluding hydrogens is 342 g/mol. The summed E-state index contributed by atoms with van der Waals surface area (Å²) >= 11 is 0. The van der Waals surface area contributed by atoms with Crippen LogP contribution in [0.25, 0.3) is 0 Å². The number of benzene rings is 2. The Morgan fingerprint density at radius 2 is 1.78 bits per heavy atom. The first-order valence-corrected chi connectivity index (χ1v) is 8.43. The SMILES string of the molecule is COc1ccc(OC)c(NC(=O)c2cc(Nc3ccccc3C)ccn2)c1. The number of para-hydroxylation sites is 1. The van der Waals surface area contributed by atoms with Crippen LogP contribution in [0.15, 0.2) is 60.8 Å². The number of ether oxygens (including phenoxy) is 2. The minimum atomic E-state index is -0.338. The largest absolute Gasteiger partial charge is 0.497 e. The van der Waals surface area contributed by atoms with Gasteiger partial charge in [-0.25, -0.2) is 0 Å². The number of pyridine rings is 1. The third-order valence-corrected chi connectivity index (χ3v) is 4.07. The number of nitrogens with zero attached hydrogens (tertiary/aromatic N) is 1. The van der Waals surface area contributed by atoms with Gasteiger partial charge in [0.15, 0.2) is 0 Å². The molecule has 1 aromatic heterocycles. The van der Waals surface area contributed by atoms with Gasteiger partial charge in [0.1, 0.15) is 17.2 Å². The van der Waals surface area contributed by atoms with Crippen molar-refractivity contribution in [3.63, 3.8) is 0 Å². The van der Waals surface area contributed by atoms with Crippen molar-refractivity contribution < 1.29 is 14.3 Å². The summed E-state index contributed by atoms with van der Waals surface area (Å²) < 4.78 is 10.5. The van der Waals surface area contributed by atoms with Crippen LogP contribution in [0.4, 0.5) is 17.1 Å². The van der Waals surface area contributed by atoms with Crippen LogP contribution in [0, 0.1) is 6.92 Å². The zero-order valence-corrected chi connectivity index (χ0v) is 15.4. The zero-order valence-electron chi connectivity index (χ0n) is 15.4. The molecule has 27 heavy (non-hydrogen) atoms. The van der Waals surface area contributed by atoms with Crippen molar-refractivity contribution in [3.8, 4) is 11.5 Å². The van der Waals surface area contributed by atoms with E-state index in [4.69, 9.17) is 9.47 Å². The Labute approximate surface area is 158 Å². The summed E-state index contributed by atoms with van der Waals surface area (Å²) in [6, 6.07) is 16.7. The third kappa shape index (κ3) is 4.36. The molecule has 6 heteroatoms. The second-order valence-corrected chi connectivity index (χ2v) is 5.89. The lowest BCUT2D eigenvalue weighted by molar-refractivity contribution is 0.102. The number of aryl methyl sites for hydroxylation is 1. The van der Waals surface area contributed by atoms with Crippen LogP contribution in [0.5, 0.6) is 11.5 Å². The second-order valence-electron chi connectivity index (χ2n) is 5.89. The molecule has 1 heterocycles. The third-order valence-electron chi connectivity index (χ3n) is 4.07. The van der Waals surface area contributed by atoms with Crippen molar-refractivity contribution in [2.24, 2.45) is 0 Å². The number of carbonyl (C=O) groups is 1. The maximum Gasteiger partial charge on any atom is 0.274 e. The molecule has 3 rings (SSSR count). The standard InChI is InChI=1S/C21H21N3O3/c1-14-6-4-5-7-17(14)23-15-10-11-22-19(12-15)21(25)24-18-13-16(26-2)8-9-20(18)27-3/h4-13H,1-3H3,(H,22,23)(H,24,25). The monoisotopic (exact) mass is 363 g/mol. The smallest absolute Gasteiger partial charge is 0.274 e. The molecular formula is C21H21N3O3. The van der Waals surface area contributed by atoms with Crippen molar-refractivity contribution in [2.45, 2.75) is 6.92 Å². The number of hydrogen-bond donors (Lipinski definition) is 2. The van der Waals surface area contributed by atoms with E-state index in [9.17, 15) is 4.79 Å². The number of anilines is 3. The minimum Gasteiger partial charge on any atom is -0.497 e. The van der Waals surface area contributed by atoms with Gasteiger partial charge in [0.25, 0.3) is 5.91 Å². The van der Waals surface area contributed by atoms with Crippen LogP contribution in [0.2, 0.25) is 0 Å². The Hall–Kier alpha value is -3.54. The molecule has 1 amide bonds. The number of methoxy groups -OCH3 is 2. The lowest BCUT2D eigenvalue weighted by Crippen LogP contribution is -2.14. The van der Waals surface area contributed by atoms with Crippen LogP contribution < -0.4 is 20.1 Å². The fraction of sp³-hybridized carbons (Fsp3) is 0.143. The molecule has 0 bridgehead atoms. The number of aromatic nitrogens is 1. The molecule has 2 N–H and O–H groups in total. The first-order valence-electron chi connectivity index (χ1n) is 8.43. The van der Waals surface area contributed by atoms with Crippen molar-refractivity contribution in [1.29, 1.82) is 0 Å². The van der Waals surface area contributed by atoms with E-state index in [1.807, 2.05) is 37.3 Å². The fourth-order valence-corrected chi connectivity index (χ4v) is 2.60. The van der Waals surface area contributed by atoms with Crippen molar-refractivity contribution in [1.82, 2.24) is 4.98 Å². The molecule has 0 aliphatic rings. The van der Waals surface area contributed by atoms with Crippen molar-refractivity contribution >= 4 is 23.0 Å². The number of carbonyl (C=O) groups excluding carboxylic acids is 1. The summed E-state index contributed by atoms with van der Waals surface area (Å²) in [5.74, 6) is 0.822. The molecule has 138 valence electrons. The number of rotatable bonds is 6. The van der Waals surface area contributed by atoms with Crippen molar-refractivity contribution in [2.75, 3.05) is 24.9 Å². The number of hydrogen-bond acceptors (Lipinski definition) is 5. The van der Waals surface area contributed by atoms with Crippen LogP contribution in [-0.2, 0) is 0 Å². The van der Waals surface area contributed by atoms with E-state index in [0.29, 0.717) is 22.9 Å². The molecule has 0 radical (unpaired) electrons. The topological polar surface area (TPSA) is 72.5 Å². The summed E-state index contributed by atoms with van der Waals surface area (Å²) in [4.78, 5) is 16.8. The van der Waals surface area contributed by atoms with Crippen LogP contribution in [-0.4, -0.2) is 25.1 Å². The summed E-state index contributed by atoms with van der Waals surface area (Å²) in [5, 5.41) is 6.13. The van der Waals surface area contributed by atoms with E-state index >= 15 is 0 Å². The van der Waals surface area contributed by atoms with Gasteiger partial charge in [-0.3, -0.25) is 9.78 Å². The van der Waals surface area contributed by atoms with E-state index in [-0.39, 0.29) is 5.91 Å². The first kappa shape index (κ1) is 18.3. The highest BCUT2D eigenvalue weighted by Gasteiger charge is 2.13. The maximum absolute atomic E-state index is 12.7. The zero-order chi connectivity index (χ0) is 19.2. The van der Waals surface area contributed by atoms with Gasteiger partial charge in [-0.15, -0.1) is 0 Å². The molecule has 0 unspecified atom stereocenters. The predicted molar refractivity (Wildman–Crippen MR) is 106 cm³/mol. The van der Waals surface area contributed by atoms with Gasteiger partial charge in [-0.2, -0.15) is 0 Å². The Morgan fingerprint density at radius 3 is 2.52 bits per heavy atom. The molecule has 2 aromatic carbocycles. The van der Waals surface area contributed by atoms with E-state index in [1.54, 1.807) is 44.7 Å². The summed E-state index contributed by atoms with van der Waals surface area (Å²) in [6.45, 7) is 2.02. The summed E-state index contributed by atoms with van der Waals surface area (Å²) in [5.41, 5.74) is 3.67. The molecule has 6 nitrogen and oxygen atoms in total. The highest BCUT2D eigenvalue weighted by Crippen LogP contribution is 2.29. The molecule has 0 atom stereocenters. The van der Waals surface area contributed by atoms with Crippen LogP contribution in [0.1, 0.15) is 16.1 Å². The van der Waals surface area contributed by atoms with E-state index in [0.717, 1.165) is 16.9 Å². The van der Waals surface area contributed by atoms with E-state index in [2.05, 4.69) is 15.6 Å². The van der Waals surface area contributed by atoms with Gasteiger partial charge in [-0.05, 0) is 42.8 Å². The molecule has 0 saturated carbocycles. The second kappa shape index (κ2) is 8.23. The first-order chi connectivity index (χ1) is 13.1. The van der Waals surface area contributed by atoms with Crippen molar-refractivity contribution in [3.05, 3.63) is 72.1 Å². The van der Waals surface area contributed by atoms with Gasteiger partial charge in [0, 0.05) is 23.6 Å². The highest BCUT2D eigenvalue weighted by atomic mass is 16.5. The fourth-order valence-electron chi connectivity index (χ4n) is 2.60. The lowest BCUT2D eigenvalue weighted by Gasteiger charge is -2.12. The quantitative estimate of drug-likeness (QED) is 0.679. The van der Waals surface area contributed by atoms with E-state index < -0.39 is 0 Å². The molecule has 0 aliphatic heterocycles. The van der Waals surface area contributed by atoms with Crippen LogP contribution >= 0.6 is 0 Å². The summed E-state index contributed by atoms with van der Waals surface area (Å²) in [6.07, 6.45) is 1.60. The molecule has 0 saturated heterocycles. The van der Waals surface area contributed by atoms with Crippen LogP contribution in [0.3, 0.4) is 0 Å². The Bertz CT molecular complexity index is 957. The van der Waals surface area contributed by atoms with Gasteiger partial charge in [-0.1, -0.05) is 18.2 Å². The lowest BCUT2D eigenvalue weighted by atomic mass is 10.2. The minimum absolute atomic E-state index is 0.290. The average Bonchev–Trinajstić information content (AvgIpc) is 2.70. The Kier molecular flexibility index (Phi) is 5.56. The van der Waals surface area contributed by atoms with Gasteiger partial charge in [0.05, 0.1) is 19.9 Å². The molecule has 0 aliphatic carbocycles. The predicted octanol–water partition coefficient (Wildman–Crippen LogP) is 4.40. The number of amides is 1. The Morgan fingerprint density at radius 1 is 0.963 bits per heavy atom. The summed E-state index contributed by atoms with van der Waals surface area (Å²) in [7, 11) is 3.11. The molecule has 0 spiro atoms. The van der Waals surface area contributed by atoms with Gasteiger partial charge < -0.3 is 20.1 Å². The number of nitrogens with one attached hydrogen (secondary N) is 2. The average molecular weight is 363 g/mol. The molecule has 0 fully saturated rings. The van der Waals surface area contributed by atoms with E-state index in [1.165, 1.54) is 0 Å². The maximum atomic E-state index is 12.7. The van der Waals surface area contributed by atoms with Gasteiger partial charge >= 0.3 is 0 Å². The molecule has 3 aromatic rings. The van der Waals surface area contributed by atoms with Gasteiger partial charge in [0.2, 0.25) is 0 Å². The highest BCUT2D eigenvalue weighted by molar-refractivity contribution is 6.04. The normalized spacial score (nSPS) is 10.2. The Balaban J connectivity index is 1.81.